The molecule has 20 heavy (non-hydrogen) atoms. The quantitative estimate of drug-likeness (QED) is 0.678. The number of amides is 2. The minimum absolute atomic E-state index is 0.105. The van der Waals surface area contributed by atoms with Crippen molar-refractivity contribution < 1.29 is 14.7 Å². The minimum atomic E-state index is -0.815. The van der Waals surface area contributed by atoms with Crippen molar-refractivity contribution in [2.75, 3.05) is 6.54 Å². The van der Waals surface area contributed by atoms with Crippen molar-refractivity contribution in [2.24, 2.45) is 5.41 Å². The van der Waals surface area contributed by atoms with Crippen LogP contribution in [0.3, 0.4) is 0 Å². The monoisotopic (exact) mass is 282 g/mol. The van der Waals surface area contributed by atoms with Crippen LogP contribution in [0.1, 0.15) is 64.2 Å². The topological polar surface area (TPSA) is 78.4 Å². The van der Waals surface area contributed by atoms with Gasteiger partial charge in [-0.15, -0.1) is 0 Å². The van der Waals surface area contributed by atoms with E-state index in [4.69, 9.17) is 5.11 Å². The Hall–Kier alpha value is -1.26. The molecule has 2 fully saturated rings. The molecular formula is C15H26N2O3. The maximum Gasteiger partial charge on any atom is 0.315 e. The number of carboxylic acid groups (broad SMARTS) is 1. The summed E-state index contributed by atoms with van der Waals surface area (Å²) in [5.41, 5.74) is 0.344. The molecule has 2 rings (SSSR count). The summed E-state index contributed by atoms with van der Waals surface area (Å²) >= 11 is 0. The predicted octanol–water partition coefficient (Wildman–Crippen LogP) is 2.65. The first kappa shape index (κ1) is 15.1. The van der Waals surface area contributed by atoms with Gasteiger partial charge in [0.1, 0.15) is 0 Å². The van der Waals surface area contributed by atoms with Crippen LogP contribution in [-0.4, -0.2) is 29.7 Å². The summed E-state index contributed by atoms with van der Waals surface area (Å²) in [5.74, 6) is -0.815. The van der Waals surface area contributed by atoms with Gasteiger partial charge in [-0.2, -0.15) is 0 Å². The van der Waals surface area contributed by atoms with Crippen LogP contribution < -0.4 is 10.6 Å². The molecule has 0 aromatic carbocycles. The lowest BCUT2D eigenvalue weighted by atomic mass is 9.69. The summed E-state index contributed by atoms with van der Waals surface area (Å²) in [5, 5.41) is 14.5. The van der Waals surface area contributed by atoms with Crippen LogP contribution in [0.25, 0.3) is 0 Å². The van der Waals surface area contributed by atoms with Crippen molar-refractivity contribution in [3.63, 3.8) is 0 Å². The van der Waals surface area contributed by atoms with Crippen LogP contribution in [-0.2, 0) is 4.79 Å². The summed E-state index contributed by atoms with van der Waals surface area (Å²) in [6.07, 6.45) is 10.5. The number of carbonyl (C=O) groups is 2. The van der Waals surface area contributed by atoms with E-state index in [1.54, 1.807) is 0 Å². The Morgan fingerprint density at radius 3 is 2.40 bits per heavy atom. The second kappa shape index (κ2) is 6.95. The van der Waals surface area contributed by atoms with Crippen LogP contribution in [0.15, 0.2) is 0 Å². The van der Waals surface area contributed by atoms with Gasteiger partial charge >= 0.3 is 12.0 Å². The van der Waals surface area contributed by atoms with E-state index >= 15 is 0 Å². The Bertz CT molecular complexity index is 351. The fourth-order valence-electron chi connectivity index (χ4n) is 3.86. The van der Waals surface area contributed by atoms with Crippen LogP contribution in [0.5, 0.6) is 0 Å². The smallest absolute Gasteiger partial charge is 0.315 e. The molecule has 2 amide bonds. The average molecular weight is 282 g/mol. The van der Waals surface area contributed by atoms with Crippen molar-refractivity contribution >= 4 is 12.0 Å². The normalized spacial score (nSPS) is 24.5. The summed E-state index contributed by atoms with van der Waals surface area (Å²) in [4.78, 5) is 22.3. The maximum absolute atomic E-state index is 11.9. The van der Waals surface area contributed by atoms with Gasteiger partial charge in [0.25, 0.3) is 0 Å². The second-order valence-electron chi connectivity index (χ2n) is 6.27. The molecule has 1 unspecified atom stereocenters. The van der Waals surface area contributed by atoms with Gasteiger partial charge in [-0.05, 0) is 37.5 Å². The molecule has 1 spiro atoms. The van der Waals surface area contributed by atoms with Crippen LogP contribution in [0.2, 0.25) is 0 Å². The lowest BCUT2D eigenvalue weighted by Crippen LogP contribution is -2.51. The van der Waals surface area contributed by atoms with Gasteiger partial charge in [-0.1, -0.05) is 25.7 Å². The summed E-state index contributed by atoms with van der Waals surface area (Å²) in [6, 6.07) is 0.173. The van der Waals surface area contributed by atoms with Gasteiger partial charge in [0.15, 0.2) is 0 Å². The highest BCUT2D eigenvalue weighted by atomic mass is 16.4. The van der Waals surface area contributed by atoms with Crippen molar-refractivity contribution in [1.82, 2.24) is 10.6 Å². The lowest BCUT2D eigenvalue weighted by molar-refractivity contribution is -0.137. The molecule has 0 heterocycles. The van der Waals surface area contributed by atoms with Gasteiger partial charge in [0.2, 0.25) is 0 Å². The molecular weight excluding hydrogens is 256 g/mol. The highest BCUT2D eigenvalue weighted by Gasteiger charge is 2.43. The van der Waals surface area contributed by atoms with Crippen LogP contribution in [0.4, 0.5) is 4.79 Å². The molecule has 5 heteroatoms. The lowest BCUT2D eigenvalue weighted by Gasteiger charge is -2.42. The van der Waals surface area contributed by atoms with Gasteiger partial charge in [0.05, 0.1) is 0 Å². The van der Waals surface area contributed by atoms with Gasteiger partial charge in [-0.25, -0.2) is 4.79 Å². The molecule has 3 N–H and O–H groups in total. The highest BCUT2D eigenvalue weighted by Crippen LogP contribution is 2.48. The molecule has 2 aliphatic carbocycles. The molecule has 0 aliphatic heterocycles. The Balaban J connectivity index is 1.75. The number of carbonyl (C=O) groups excluding carboxylic acids is 1. The molecule has 0 aromatic rings. The Morgan fingerprint density at radius 2 is 1.75 bits per heavy atom. The first-order valence-corrected chi connectivity index (χ1v) is 7.89. The average Bonchev–Trinajstić information content (AvgIpc) is 2.87. The van der Waals surface area contributed by atoms with Crippen LogP contribution >= 0.6 is 0 Å². The highest BCUT2D eigenvalue weighted by molar-refractivity contribution is 5.74. The zero-order valence-electron chi connectivity index (χ0n) is 12.1. The van der Waals surface area contributed by atoms with Crippen molar-refractivity contribution in [1.29, 1.82) is 0 Å². The molecule has 2 saturated carbocycles. The molecule has 1 atom stereocenters. The fraction of sp³-hybridized carbons (Fsp3) is 0.867. The molecule has 0 radical (unpaired) electrons. The number of hydrogen-bond donors (Lipinski definition) is 3. The van der Waals surface area contributed by atoms with E-state index in [1.165, 1.54) is 44.9 Å². The van der Waals surface area contributed by atoms with Gasteiger partial charge < -0.3 is 15.7 Å². The van der Waals surface area contributed by atoms with E-state index in [-0.39, 0.29) is 12.5 Å². The predicted molar refractivity (Wildman–Crippen MR) is 76.6 cm³/mol. The third kappa shape index (κ3) is 3.87. The fourth-order valence-corrected chi connectivity index (χ4v) is 3.86. The largest absolute Gasteiger partial charge is 0.481 e. The number of aliphatic carboxylic acids is 1. The van der Waals surface area contributed by atoms with Crippen molar-refractivity contribution in [3.8, 4) is 0 Å². The standard InChI is InChI=1S/C15H26N2O3/c18-13(19)7-5-11-16-14(20)17-12-6-1-2-8-15(12)9-3-4-10-15/h12H,1-11H2,(H,18,19)(H2,16,17,20). The van der Waals surface area contributed by atoms with E-state index < -0.39 is 5.97 Å². The number of rotatable bonds is 5. The number of carboxylic acids is 1. The van der Waals surface area contributed by atoms with E-state index in [1.807, 2.05) is 0 Å². The molecule has 0 bridgehead atoms. The summed E-state index contributed by atoms with van der Waals surface area (Å²) in [7, 11) is 0. The second-order valence-corrected chi connectivity index (χ2v) is 6.27. The molecule has 0 saturated heterocycles. The van der Waals surface area contributed by atoms with Gasteiger partial charge in [0, 0.05) is 19.0 Å². The van der Waals surface area contributed by atoms with Gasteiger partial charge in [-0.3, -0.25) is 4.79 Å². The van der Waals surface area contributed by atoms with E-state index in [9.17, 15) is 9.59 Å². The minimum Gasteiger partial charge on any atom is -0.481 e. The van der Waals surface area contributed by atoms with Crippen LogP contribution in [0, 0.1) is 5.41 Å². The van der Waals surface area contributed by atoms with E-state index in [2.05, 4.69) is 10.6 Å². The SMILES string of the molecule is O=C(O)CCCNC(=O)NC1CCCCC12CCCC2. The number of nitrogens with one attached hydrogen (secondary N) is 2. The molecule has 114 valence electrons. The summed E-state index contributed by atoms with van der Waals surface area (Å²) in [6.45, 7) is 0.428. The van der Waals surface area contributed by atoms with E-state index in [0.29, 0.717) is 24.4 Å². The third-order valence-electron chi connectivity index (χ3n) is 4.91. The Morgan fingerprint density at radius 1 is 1.10 bits per heavy atom. The Kier molecular flexibility index (Phi) is 5.26. The zero-order valence-corrected chi connectivity index (χ0v) is 12.1. The first-order valence-electron chi connectivity index (χ1n) is 7.89. The Labute approximate surface area is 120 Å². The van der Waals surface area contributed by atoms with E-state index in [0.717, 1.165) is 6.42 Å². The number of urea groups is 1. The third-order valence-corrected chi connectivity index (χ3v) is 4.91. The molecule has 0 aromatic heterocycles. The first-order chi connectivity index (χ1) is 9.62. The molecule has 2 aliphatic rings. The van der Waals surface area contributed by atoms with Crippen molar-refractivity contribution in [2.45, 2.75) is 70.3 Å². The maximum atomic E-state index is 11.9. The van der Waals surface area contributed by atoms with Crippen molar-refractivity contribution in [3.05, 3.63) is 0 Å². The number of hydrogen-bond acceptors (Lipinski definition) is 2. The molecule has 5 nitrogen and oxygen atoms in total. The summed E-state index contributed by atoms with van der Waals surface area (Å²) < 4.78 is 0. The zero-order chi connectivity index (χ0) is 14.4.